The third-order valence-electron chi connectivity index (χ3n) is 7.21. The number of amides is 1. The van der Waals surface area contributed by atoms with Crippen molar-refractivity contribution in [2.75, 3.05) is 31.1 Å². The number of aromatic nitrogens is 1. The molecule has 8 nitrogen and oxygen atoms in total. The van der Waals surface area contributed by atoms with Gasteiger partial charge in [-0.1, -0.05) is 0 Å². The minimum Gasteiger partial charge on any atom is -0.474 e. The van der Waals surface area contributed by atoms with Crippen LogP contribution in [0.4, 0.5) is 10.5 Å². The maximum Gasteiger partial charge on any atom is 0.410 e. The molecule has 2 atom stereocenters. The Labute approximate surface area is 196 Å². The van der Waals surface area contributed by atoms with Crippen LogP contribution in [0.25, 0.3) is 0 Å². The van der Waals surface area contributed by atoms with Gasteiger partial charge in [0, 0.05) is 69.1 Å². The Kier molecular flexibility index (Phi) is 6.40. The number of nitrogens with zero attached hydrogens (tertiary/aromatic N) is 3. The maximum atomic E-state index is 12.2. The molecule has 1 N–H and O–H groups in total. The van der Waals surface area contributed by atoms with Gasteiger partial charge in [-0.25, -0.2) is 9.78 Å². The van der Waals surface area contributed by atoms with Gasteiger partial charge in [-0.2, -0.15) is 0 Å². The van der Waals surface area contributed by atoms with E-state index in [1.54, 1.807) is 4.90 Å². The van der Waals surface area contributed by atoms with Crippen LogP contribution in [0.2, 0.25) is 0 Å². The molecule has 1 aliphatic carbocycles. The number of rotatable bonds is 5. The molecule has 2 bridgehead atoms. The summed E-state index contributed by atoms with van der Waals surface area (Å²) in [5.41, 5.74) is 0.780. The summed E-state index contributed by atoms with van der Waals surface area (Å²) in [4.78, 5) is 21.0. The number of carbonyl (C=O) groups excluding carboxylic acids is 1. The molecule has 182 valence electrons. The largest absolute Gasteiger partial charge is 0.474 e. The zero-order valence-electron chi connectivity index (χ0n) is 20.2. The molecule has 2 unspecified atom stereocenters. The van der Waals surface area contributed by atoms with Crippen LogP contribution in [0.1, 0.15) is 59.3 Å². The van der Waals surface area contributed by atoms with E-state index in [-0.39, 0.29) is 24.4 Å². The highest BCUT2D eigenvalue weighted by Crippen LogP contribution is 2.35. The Hall–Kier alpha value is -2.06. The number of nitrogens with one attached hydrogen (secondary N) is 1. The second kappa shape index (κ2) is 9.29. The van der Waals surface area contributed by atoms with Gasteiger partial charge < -0.3 is 29.3 Å². The van der Waals surface area contributed by atoms with Crippen LogP contribution in [-0.4, -0.2) is 78.2 Å². The maximum absolute atomic E-state index is 12.2. The minimum absolute atomic E-state index is 0.166. The number of fused-ring (bicyclic) bond motifs is 2. The number of hydrogen-bond donors (Lipinski definition) is 1. The van der Waals surface area contributed by atoms with E-state index in [4.69, 9.17) is 14.2 Å². The number of piperazine rings is 1. The Morgan fingerprint density at radius 3 is 2.39 bits per heavy atom. The number of ether oxygens (including phenoxy) is 3. The van der Waals surface area contributed by atoms with Gasteiger partial charge in [-0.15, -0.1) is 0 Å². The lowest BCUT2D eigenvalue weighted by atomic mass is 9.91. The quantitative estimate of drug-likeness (QED) is 0.725. The summed E-state index contributed by atoms with van der Waals surface area (Å²) < 4.78 is 17.9. The summed E-state index contributed by atoms with van der Waals surface area (Å²) in [6.07, 6.45) is 8.30. The third kappa shape index (κ3) is 5.38. The van der Waals surface area contributed by atoms with E-state index in [1.807, 2.05) is 27.0 Å². The molecule has 33 heavy (non-hydrogen) atoms. The van der Waals surface area contributed by atoms with Gasteiger partial charge in [0.15, 0.2) is 0 Å². The highest BCUT2D eigenvalue weighted by atomic mass is 16.6. The van der Waals surface area contributed by atoms with Crippen LogP contribution in [0, 0.1) is 0 Å². The smallest absolute Gasteiger partial charge is 0.410 e. The topological polar surface area (TPSA) is 76.2 Å². The number of hydrogen-bond acceptors (Lipinski definition) is 7. The molecule has 0 radical (unpaired) electrons. The van der Waals surface area contributed by atoms with Crippen molar-refractivity contribution in [3.05, 3.63) is 18.3 Å². The van der Waals surface area contributed by atoms with Crippen molar-refractivity contribution in [1.82, 2.24) is 15.2 Å². The van der Waals surface area contributed by atoms with Gasteiger partial charge >= 0.3 is 6.09 Å². The van der Waals surface area contributed by atoms with Crippen molar-refractivity contribution >= 4 is 11.8 Å². The fraction of sp³-hybridized carbons (Fsp3) is 0.760. The Morgan fingerprint density at radius 2 is 1.73 bits per heavy atom. The van der Waals surface area contributed by atoms with Crippen LogP contribution < -0.4 is 15.0 Å². The summed E-state index contributed by atoms with van der Waals surface area (Å²) in [6.45, 7) is 9.21. The van der Waals surface area contributed by atoms with E-state index < -0.39 is 5.60 Å². The number of carbonyl (C=O) groups is 1. The van der Waals surface area contributed by atoms with Gasteiger partial charge in [0.05, 0.1) is 12.2 Å². The molecule has 8 heteroatoms. The first-order valence-corrected chi connectivity index (χ1v) is 12.6. The van der Waals surface area contributed by atoms with Crippen molar-refractivity contribution < 1.29 is 19.0 Å². The Balaban J connectivity index is 1.05. The van der Waals surface area contributed by atoms with Crippen molar-refractivity contribution in [1.29, 1.82) is 0 Å². The molecule has 0 aromatic carbocycles. The van der Waals surface area contributed by atoms with E-state index >= 15 is 0 Å². The predicted molar refractivity (Wildman–Crippen MR) is 126 cm³/mol. The van der Waals surface area contributed by atoms with Gasteiger partial charge in [0.1, 0.15) is 11.7 Å². The number of anilines is 1. The molecule has 5 rings (SSSR count). The van der Waals surface area contributed by atoms with E-state index in [0.717, 1.165) is 44.7 Å². The molecule has 1 amide bonds. The SMILES string of the molecule is CC(C)(C)OC(=O)N1CCC(OC2CC(Oc3cc(N4C5CCC4CNC5)ccn3)C2)CC1. The highest BCUT2D eigenvalue weighted by Gasteiger charge is 2.38. The summed E-state index contributed by atoms with van der Waals surface area (Å²) in [5, 5.41) is 3.54. The average molecular weight is 459 g/mol. The highest BCUT2D eigenvalue weighted by molar-refractivity contribution is 5.68. The molecule has 3 saturated heterocycles. The molecular formula is C25H38N4O4. The van der Waals surface area contributed by atoms with Gasteiger partial charge in [0.2, 0.25) is 5.88 Å². The Morgan fingerprint density at radius 1 is 1.03 bits per heavy atom. The Bertz CT molecular complexity index is 814. The summed E-state index contributed by atoms with van der Waals surface area (Å²) in [6, 6.07) is 5.39. The summed E-state index contributed by atoms with van der Waals surface area (Å²) in [7, 11) is 0. The van der Waals surface area contributed by atoms with E-state index in [2.05, 4.69) is 27.3 Å². The molecule has 4 fully saturated rings. The first-order chi connectivity index (χ1) is 15.8. The lowest BCUT2D eigenvalue weighted by molar-refractivity contribution is -0.110. The van der Waals surface area contributed by atoms with Gasteiger partial charge in [-0.3, -0.25) is 0 Å². The van der Waals surface area contributed by atoms with Crippen molar-refractivity contribution in [2.45, 2.75) is 95.3 Å². The number of piperidine rings is 1. The lowest BCUT2D eigenvalue weighted by Gasteiger charge is -2.40. The standard InChI is InChI=1S/C25H38N4O4/c1-25(2,3)33-24(30)28-10-7-20(8-11-28)31-21-13-22(14-21)32-23-12-17(6-9-27-23)29-18-4-5-19(29)16-26-15-18/h6,9,12,18-22,26H,4-5,7-8,10-11,13-16H2,1-3H3. The van der Waals surface area contributed by atoms with Gasteiger partial charge in [0.25, 0.3) is 0 Å². The second-order valence-corrected chi connectivity index (χ2v) is 10.9. The van der Waals surface area contributed by atoms with Crippen molar-refractivity contribution in [3.8, 4) is 5.88 Å². The van der Waals surface area contributed by atoms with Crippen LogP contribution in [-0.2, 0) is 9.47 Å². The molecule has 1 aromatic rings. The zero-order chi connectivity index (χ0) is 23.0. The summed E-state index contributed by atoms with van der Waals surface area (Å²) in [5.74, 6) is 0.722. The van der Waals surface area contributed by atoms with Crippen LogP contribution in [0.15, 0.2) is 18.3 Å². The van der Waals surface area contributed by atoms with Crippen LogP contribution in [0.3, 0.4) is 0 Å². The fourth-order valence-electron chi connectivity index (χ4n) is 5.49. The first kappa shape index (κ1) is 22.7. The monoisotopic (exact) mass is 458 g/mol. The van der Waals surface area contributed by atoms with Crippen LogP contribution >= 0.6 is 0 Å². The third-order valence-corrected chi connectivity index (χ3v) is 7.21. The van der Waals surface area contributed by atoms with Crippen molar-refractivity contribution in [2.24, 2.45) is 0 Å². The minimum atomic E-state index is -0.454. The molecule has 1 aromatic heterocycles. The number of likely N-dealkylation sites (tertiary alicyclic amines) is 1. The van der Waals surface area contributed by atoms with E-state index in [0.29, 0.717) is 25.2 Å². The number of pyridine rings is 1. The molecule has 1 saturated carbocycles. The lowest BCUT2D eigenvalue weighted by Crippen LogP contribution is -2.52. The average Bonchev–Trinajstić information content (AvgIpc) is 3.00. The first-order valence-electron chi connectivity index (χ1n) is 12.6. The molecule has 3 aliphatic heterocycles. The fourth-order valence-corrected chi connectivity index (χ4v) is 5.49. The van der Waals surface area contributed by atoms with E-state index in [1.165, 1.54) is 18.5 Å². The van der Waals surface area contributed by atoms with Crippen molar-refractivity contribution in [3.63, 3.8) is 0 Å². The van der Waals surface area contributed by atoms with E-state index in [9.17, 15) is 4.79 Å². The predicted octanol–water partition coefficient (Wildman–Crippen LogP) is 3.35. The molecule has 4 aliphatic rings. The molecule has 4 heterocycles. The zero-order valence-corrected chi connectivity index (χ0v) is 20.2. The van der Waals surface area contributed by atoms with Crippen LogP contribution in [0.5, 0.6) is 5.88 Å². The summed E-state index contributed by atoms with van der Waals surface area (Å²) >= 11 is 0. The molecular weight excluding hydrogens is 420 g/mol. The second-order valence-electron chi connectivity index (χ2n) is 10.9. The molecule has 0 spiro atoms. The normalized spacial score (nSPS) is 30.2. The van der Waals surface area contributed by atoms with Gasteiger partial charge in [-0.05, 0) is 52.5 Å².